The van der Waals surface area contributed by atoms with E-state index >= 15 is 0 Å². The molecular formula is C14H24N2O5. The normalized spacial score (nSPS) is 23.1. The van der Waals surface area contributed by atoms with Crippen LogP contribution in [0.25, 0.3) is 0 Å². The van der Waals surface area contributed by atoms with Crippen LogP contribution in [0.5, 0.6) is 0 Å². The molecule has 1 N–H and O–H groups in total. The average molecular weight is 300 g/mol. The summed E-state index contributed by atoms with van der Waals surface area (Å²) in [5.74, 6) is -0.950. The fourth-order valence-electron chi connectivity index (χ4n) is 2.63. The standard InChI is InChI=1S/C14H24N2O5/c17-13(18)3-4-16(14(19)12-2-1-9-21-12)6-5-15-7-10-20-11-8-15/h12H,1-11H2,(H,17,18). The maximum Gasteiger partial charge on any atom is 0.305 e. The van der Waals surface area contributed by atoms with Gasteiger partial charge in [0.15, 0.2) is 0 Å². The number of nitrogens with zero attached hydrogens (tertiary/aromatic N) is 2. The molecule has 2 aliphatic rings. The van der Waals surface area contributed by atoms with Crippen LogP contribution in [-0.2, 0) is 19.1 Å². The predicted molar refractivity (Wildman–Crippen MR) is 75.1 cm³/mol. The first-order valence-corrected chi connectivity index (χ1v) is 7.59. The number of aliphatic carboxylic acids is 1. The summed E-state index contributed by atoms with van der Waals surface area (Å²) in [5, 5.41) is 8.83. The molecule has 0 saturated carbocycles. The topological polar surface area (TPSA) is 79.3 Å². The van der Waals surface area contributed by atoms with E-state index in [1.165, 1.54) is 0 Å². The molecular weight excluding hydrogens is 276 g/mol. The minimum Gasteiger partial charge on any atom is -0.481 e. The first kappa shape index (κ1) is 16.2. The Morgan fingerprint density at radius 2 is 1.95 bits per heavy atom. The number of carboxylic acids is 1. The van der Waals surface area contributed by atoms with E-state index in [2.05, 4.69) is 4.90 Å². The molecule has 0 radical (unpaired) electrons. The minimum atomic E-state index is -0.883. The van der Waals surface area contributed by atoms with E-state index in [9.17, 15) is 9.59 Å². The fraction of sp³-hybridized carbons (Fsp3) is 0.857. The van der Waals surface area contributed by atoms with Gasteiger partial charge in [-0.25, -0.2) is 0 Å². The zero-order chi connectivity index (χ0) is 15.1. The van der Waals surface area contributed by atoms with Gasteiger partial charge in [-0.15, -0.1) is 0 Å². The first-order valence-electron chi connectivity index (χ1n) is 7.59. The zero-order valence-corrected chi connectivity index (χ0v) is 12.3. The molecule has 0 aromatic rings. The maximum atomic E-state index is 12.4. The molecule has 7 nitrogen and oxygen atoms in total. The smallest absolute Gasteiger partial charge is 0.305 e. The quantitative estimate of drug-likeness (QED) is 0.701. The van der Waals surface area contributed by atoms with Gasteiger partial charge < -0.3 is 19.5 Å². The monoisotopic (exact) mass is 300 g/mol. The molecule has 2 fully saturated rings. The van der Waals surface area contributed by atoms with Crippen molar-refractivity contribution in [2.24, 2.45) is 0 Å². The van der Waals surface area contributed by atoms with E-state index in [0.717, 1.165) is 45.7 Å². The molecule has 1 unspecified atom stereocenters. The molecule has 0 bridgehead atoms. The fourth-order valence-corrected chi connectivity index (χ4v) is 2.63. The van der Waals surface area contributed by atoms with Crippen molar-refractivity contribution in [2.75, 3.05) is 52.5 Å². The van der Waals surface area contributed by atoms with E-state index < -0.39 is 5.97 Å². The molecule has 120 valence electrons. The summed E-state index contributed by atoms with van der Waals surface area (Å²) >= 11 is 0. The van der Waals surface area contributed by atoms with Gasteiger partial charge in [0.05, 0.1) is 19.6 Å². The van der Waals surface area contributed by atoms with E-state index in [1.54, 1.807) is 4.90 Å². The van der Waals surface area contributed by atoms with Crippen molar-refractivity contribution >= 4 is 11.9 Å². The first-order chi connectivity index (χ1) is 10.2. The third-order valence-corrected chi connectivity index (χ3v) is 3.90. The van der Waals surface area contributed by atoms with Crippen LogP contribution in [0.2, 0.25) is 0 Å². The third kappa shape index (κ3) is 5.26. The Kier molecular flexibility index (Phi) is 6.41. The number of morpholine rings is 1. The molecule has 0 aliphatic carbocycles. The Labute approximate surface area is 124 Å². The Morgan fingerprint density at radius 3 is 2.57 bits per heavy atom. The molecule has 2 aliphatic heterocycles. The highest BCUT2D eigenvalue weighted by molar-refractivity contribution is 5.81. The van der Waals surface area contributed by atoms with E-state index in [4.69, 9.17) is 14.6 Å². The molecule has 1 atom stereocenters. The second kappa shape index (κ2) is 8.31. The van der Waals surface area contributed by atoms with Crippen LogP contribution in [-0.4, -0.2) is 85.4 Å². The molecule has 0 aromatic heterocycles. The van der Waals surface area contributed by atoms with E-state index in [0.29, 0.717) is 13.2 Å². The second-order valence-electron chi connectivity index (χ2n) is 5.42. The van der Waals surface area contributed by atoms with Crippen LogP contribution in [0, 0.1) is 0 Å². The van der Waals surface area contributed by atoms with Crippen molar-refractivity contribution in [3.63, 3.8) is 0 Å². The van der Waals surface area contributed by atoms with Crippen molar-refractivity contribution in [2.45, 2.75) is 25.4 Å². The highest BCUT2D eigenvalue weighted by Gasteiger charge is 2.28. The maximum absolute atomic E-state index is 12.4. The number of hydrogen-bond donors (Lipinski definition) is 1. The summed E-state index contributed by atoms with van der Waals surface area (Å²) in [7, 11) is 0. The lowest BCUT2D eigenvalue weighted by molar-refractivity contribution is -0.143. The largest absolute Gasteiger partial charge is 0.481 e. The van der Waals surface area contributed by atoms with Gasteiger partial charge in [0.25, 0.3) is 5.91 Å². The number of carboxylic acid groups (broad SMARTS) is 1. The van der Waals surface area contributed by atoms with Crippen molar-refractivity contribution < 1.29 is 24.2 Å². The van der Waals surface area contributed by atoms with Crippen LogP contribution < -0.4 is 0 Å². The summed E-state index contributed by atoms with van der Waals surface area (Å²) in [6, 6.07) is 0. The van der Waals surface area contributed by atoms with Gasteiger partial charge >= 0.3 is 5.97 Å². The Morgan fingerprint density at radius 1 is 1.19 bits per heavy atom. The Balaban J connectivity index is 1.84. The van der Waals surface area contributed by atoms with Crippen LogP contribution in [0.4, 0.5) is 0 Å². The lowest BCUT2D eigenvalue weighted by Crippen LogP contribution is -2.46. The Bertz CT molecular complexity index is 351. The van der Waals surface area contributed by atoms with E-state index in [1.807, 2.05) is 0 Å². The number of rotatable bonds is 7. The van der Waals surface area contributed by atoms with Gasteiger partial charge in [0.1, 0.15) is 6.10 Å². The van der Waals surface area contributed by atoms with Crippen molar-refractivity contribution in [3.8, 4) is 0 Å². The zero-order valence-electron chi connectivity index (χ0n) is 12.3. The van der Waals surface area contributed by atoms with Gasteiger partial charge in [0, 0.05) is 39.3 Å². The lowest BCUT2D eigenvalue weighted by Gasteiger charge is -2.30. The molecule has 7 heteroatoms. The molecule has 2 rings (SSSR count). The van der Waals surface area contributed by atoms with Gasteiger partial charge in [0.2, 0.25) is 0 Å². The molecule has 2 heterocycles. The van der Waals surface area contributed by atoms with Crippen molar-refractivity contribution in [1.82, 2.24) is 9.80 Å². The summed E-state index contributed by atoms with van der Waals surface area (Å²) in [5.41, 5.74) is 0. The van der Waals surface area contributed by atoms with Gasteiger partial charge in [-0.1, -0.05) is 0 Å². The van der Waals surface area contributed by atoms with Crippen LogP contribution in [0.15, 0.2) is 0 Å². The van der Waals surface area contributed by atoms with Gasteiger partial charge in [-0.3, -0.25) is 14.5 Å². The summed E-state index contributed by atoms with van der Waals surface area (Å²) in [4.78, 5) is 27.0. The highest BCUT2D eigenvalue weighted by Crippen LogP contribution is 2.15. The van der Waals surface area contributed by atoms with Crippen LogP contribution in [0.1, 0.15) is 19.3 Å². The number of amides is 1. The van der Waals surface area contributed by atoms with Crippen LogP contribution in [0.3, 0.4) is 0 Å². The summed E-state index contributed by atoms with van der Waals surface area (Å²) in [6.45, 7) is 5.32. The average Bonchev–Trinajstić information content (AvgIpc) is 3.02. The summed E-state index contributed by atoms with van der Waals surface area (Å²) < 4.78 is 10.7. The number of hydrogen-bond acceptors (Lipinski definition) is 5. The molecule has 0 spiro atoms. The Hall–Kier alpha value is -1.18. The van der Waals surface area contributed by atoms with Gasteiger partial charge in [-0.05, 0) is 12.8 Å². The third-order valence-electron chi connectivity index (χ3n) is 3.90. The molecule has 0 aromatic carbocycles. The predicted octanol–water partition coefficient (Wildman–Crippen LogP) is -0.199. The highest BCUT2D eigenvalue weighted by atomic mass is 16.5. The second-order valence-corrected chi connectivity index (χ2v) is 5.42. The summed E-state index contributed by atoms with van der Waals surface area (Å²) in [6.07, 6.45) is 1.22. The molecule has 21 heavy (non-hydrogen) atoms. The number of ether oxygens (including phenoxy) is 2. The number of carbonyl (C=O) groups is 2. The van der Waals surface area contributed by atoms with Crippen LogP contribution >= 0.6 is 0 Å². The van der Waals surface area contributed by atoms with Crippen molar-refractivity contribution in [3.05, 3.63) is 0 Å². The minimum absolute atomic E-state index is 0.0262. The van der Waals surface area contributed by atoms with Gasteiger partial charge in [-0.2, -0.15) is 0 Å². The molecule has 2 saturated heterocycles. The molecule has 1 amide bonds. The van der Waals surface area contributed by atoms with Crippen molar-refractivity contribution in [1.29, 1.82) is 0 Å². The lowest BCUT2D eigenvalue weighted by atomic mass is 10.2. The SMILES string of the molecule is O=C(O)CCN(CCN1CCOCC1)C(=O)C1CCCO1. The van der Waals surface area contributed by atoms with E-state index in [-0.39, 0.29) is 25.0 Å². The number of carbonyl (C=O) groups excluding carboxylic acids is 1.